The van der Waals surface area contributed by atoms with Crippen molar-refractivity contribution in [1.29, 1.82) is 0 Å². The molecule has 8 aliphatic rings. The Kier molecular flexibility index (Phi) is 39.0. The average molecular weight is 1920 g/mol. The van der Waals surface area contributed by atoms with Crippen molar-refractivity contribution in [2.75, 3.05) is 72.7 Å². The van der Waals surface area contributed by atoms with Crippen molar-refractivity contribution in [2.45, 2.75) is 307 Å². The number of carbonyl (C=O) groups is 9. The van der Waals surface area contributed by atoms with E-state index in [0.29, 0.717) is 6.92 Å². The minimum atomic E-state index is -4.02. The van der Waals surface area contributed by atoms with Gasteiger partial charge in [-0.15, -0.1) is 0 Å². The van der Waals surface area contributed by atoms with Crippen molar-refractivity contribution >= 4 is 53.4 Å². The zero-order valence-electron chi connectivity index (χ0n) is 68.8. The van der Waals surface area contributed by atoms with Crippen LogP contribution in [0.3, 0.4) is 0 Å². The number of rotatable bonds is 42. The summed E-state index contributed by atoms with van der Waals surface area (Å²) in [6, 6.07) is -11.1. The predicted octanol–water partition coefficient (Wildman–Crippen LogP) is -24.0. The SMILES string of the molecule is CC(=O)N[C@H]1[C@H](O[C@@H]2[C@H](O[C@]3(C(=O)O)C[C@H](O)[C@@H](NC(=O)CO)[C@H]([C@H](O)[C@@H](CO)O[C@]4(C(=O)O)C[C@H](O)[C@@H](NC(=O)CO)[C@H]([C@H](O)[C@H](O)CO)O4)O3)[C@@H](O)[C@H](O[C@H]3[C@H](O)[C@@H](O)[C@H](O)O[C@@H]3CO)O[C@@H]2CO)O[C@H](CO[C@]2(C(=O)O)C[C@H](O)[C@@H](NC(C)=O)[C@H]([C@H](O)[C@H](O)CO)O2)[C@H](O)[C@@H]1O[C@@H]1O[C@H](CO)[C@H](O)[C@H](O[C@]2(C(=O)O)C[C@H](O)[C@@H](NC(=O)CO)[C@H]([C@H](O)[C@H](O)CO)O2)[C@H]1O. The van der Waals surface area contributed by atoms with Gasteiger partial charge in [0.1, 0.15) is 191 Å². The van der Waals surface area contributed by atoms with Gasteiger partial charge in [-0.2, -0.15) is 0 Å². The van der Waals surface area contributed by atoms with E-state index < -0.39 is 420 Å². The highest BCUT2D eigenvalue weighted by atomic mass is 16.8. The molecule has 37 N–H and O–H groups in total. The van der Waals surface area contributed by atoms with Gasteiger partial charge in [0, 0.05) is 39.5 Å². The fraction of sp³-hybridized carbons (Fsp3) is 0.871. The zero-order valence-corrected chi connectivity index (χ0v) is 68.8. The molecule has 8 saturated heterocycles. The maximum absolute atomic E-state index is 14.5. The molecule has 61 heteroatoms. The first-order valence-electron chi connectivity index (χ1n) is 40.1. The summed E-state index contributed by atoms with van der Waals surface area (Å²) in [5.41, 5.74) is 0. The van der Waals surface area contributed by atoms with Gasteiger partial charge >= 0.3 is 23.9 Å². The zero-order chi connectivity index (χ0) is 98.0. The molecule has 8 rings (SSSR count). The molecule has 8 aliphatic heterocycles. The van der Waals surface area contributed by atoms with Crippen molar-refractivity contribution in [1.82, 2.24) is 26.6 Å². The molecule has 44 atom stereocenters. The van der Waals surface area contributed by atoms with E-state index in [4.69, 9.17) is 71.1 Å². The van der Waals surface area contributed by atoms with Crippen LogP contribution in [0.25, 0.3) is 0 Å². The molecule has 0 aromatic rings. The first kappa shape index (κ1) is 110. The Balaban J connectivity index is 1.31. The van der Waals surface area contributed by atoms with Crippen LogP contribution in [0.4, 0.5) is 0 Å². The van der Waals surface area contributed by atoms with Crippen LogP contribution in [0.2, 0.25) is 0 Å². The van der Waals surface area contributed by atoms with Gasteiger partial charge in [0.05, 0.1) is 101 Å². The van der Waals surface area contributed by atoms with E-state index in [9.17, 15) is 207 Å². The third-order valence-electron chi connectivity index (χ3n) is 22.9. The number of aliphatic carboxylic acids is 4. The first-order valence-corrected chi connectivity index (χ1v) is 40.1. The van der Waals surface area contributed by atoms with Gasteiger partial charge in [-0.25, -0.2) is 19.2 Å². The number of hydrogen-bond acceptors (Lipinski definition) is 52. The third kappa shape index (κ3) is 24.2. The van der Waals surface area contributed by atoms with Gasteiger partial charge < -0.3 is 261 Å². The molecule has 8 fully saturated rings. The molecule has 0 aromatic carbocycles. The van der Waals surface area contributed by atoms with E-state index in [1.807, 2.05) is 16.0 Å². The lowest BCUT2D eigenvalue weighted by Gasteiger charge is -2.53. The van der Waals surface area contributed by atoms with Crippen molar-refractivity contribution in [3.63, 3.8) is 0 Å². The average Bonchev–Trinajstić information content (AvgIpc) is 0.747. The summed E-state index contributed by atoms with van der Waals surface area (Å²) in [4.78, 5) is 120. The maximum atomic E-state index is 14.5. The lowest BCUT2D eigenvalue weighted by Crippen LogP contribution is -2.73. The number of hydrogen-bond donors (Lipinski definition) is 37. The summed E-state index contributed by atoms with van der Waals surface area (Å²) in [5.74, 6) is -31.0. The van der Waals surface area contributed by atoms with E-state index in [-0.39, 0.29) is 0 Å². The fourth-order valence-electron chi connectivity index (χ4n) is 16.2. The van der Waals surface area contributed by atoms with E-state index in [2.05, 4.69) is 10.6 Å². The van der Waals surface area contributed by atoms with Crippen molar-refractivity contribution < 1.29 is 278 Å². The van der Waals surface area contributed by atoms with Crippen LogP contribution >= 0.6 is 0 Å². The van der Waals surface area contributed by atoms with Crippen molar-refractivity contribution in [2.24, 2.45) is 0 Å². The number of nitrogens with one attached hydrogen (secondary N) is 5. The number of carboxylic acid groups (broad SMARTS) is 4. The Hall–Kier alpha value is -6.49. The highest BCUT2D eigenvalue weighted by molar-refractivity contribution is 5.81. The van der Waals surface area contributed by atoms with E-state index in [1.54, 1.807) is 0 Å². The van der Waals surface area contributed by atoms with Crippen LogP contribution in [0.1, 0.15) is 39.5 Å². The van der Waals surface area contributed by atoms with Gasteiger partial charge in [-0.05, 0) is 0 Å². The molecule has 0 bridgehead atoms. The maximum Gasteiger partial charge on any atom is 0.364 e. The lowest BCUT2D eigenvalue weighted by atomic mass is 9.87. The fourth-order valence-corrected chi connectivity index (χ4v) is 16.2. The minimum absolute atomic E-state index is 0.675. The molecule has 0 aromatic heterocycles. The molecule has 8 heterocycles. The number of ether oxygens (including phenoxy) is 15. The Morgan fingerprint density at radius 2 is 0.679 bits per heavy atom. The Morgan fingerprint density at radius 1 is 0.344 bits per heavy atom. The lowest BCUT2D eigenvalue weighted by molar-refractivity contribution is -0.406. The number of aliphatic hydroxyl groups excluding tert-OH is 28. The molecule has 5 amide bonds. The molecule has 0 radical (unpaired) electrons. The van der Waals surface area contributed by atoms with Gasteiger partial charge in [-0.1, -0.05) is 0 Å². The van der Waals surface area contributed by atoms with Crippen LogP contribution < -0.4 is 26.6 Å². The second kappa shape index (κ2) is 46.6. The Labute approximate surface area is 735 Å². The molecule has 0 saturated carbocycles. The minimum Gasteiger partial charge on any atom is -0.477 e. The third-order valence-corrected chi connectivity index (χ3v) is 22.9. The summed E-state index contributed by atoms with van der Waals surface area (Å²) < 4.78 is 88.1. The number of amides is 5. The van der Waals surface area contributed by atoms with E-state index in [0.717, 1.165) is 6.92 Å². The van der Waals surface area contributed by atoms with Gasteiger partial charge in [-0.3, -0.25) is 24.0 Å². The highest BCUT2D eigenvalue weighted by Crippen LogP contribution is 2.45. The summed E-state index contributed by atoms with van der Waals surface area (Å²) in [6.07, 6.45) is -96.8. The van der Waals surface area contributed by atoms with Gasteiger partial charge in [0.25, 0.3) is 23.1 Å². The number of carboxylic acids is 4. The first-order chi connectivity index (χ1) is 61.5. The molecule has 754 valence electrons. The van der Waals surface area contributed by atoms with E-state index >= 15 is 0 Å². The van der Waals surface area contributed by atoms with E-state index in [1.165, 1.54) is 0 Å². The van der Waals surface area contributed by atoms with Gasteiger partial charge in [0.15, 0.2) is 25.2 Å². The smallest absolute Gasteiger partial charge is 0.364 e. The summed E-state index contributed by atoms with van der Waals surface area (Å²) >= 11 is 0. The molecule has 0 spiro atoms. The standard InChI is InChI=1S/C70H113N5O56/c1-18(86)71-35-20(88)3-67(63(109)110,126-53(35)40(98)24(92)7-76)117-17-31-45(103)52(124-61-48(106)57(43(101)27(10-79)119-61)130-69(65(113)114)5-22(90)37(74-33(96)15-84)55(128-69)42(100)26(94)9-78)39(72-19(2)87)60(121-31)123-51-30(13-82)120-62(122-50-29(12-81)118-59(108)47(105)46(50)104)49(107)58(51)131-70(66(115)116)6-23(91)38(75-34(97)16-85)56(129-70)44(102)28(11-80)125-68(64(111)112)4-21(89)36(73-32(95)14-83)54(127-68)41(99)25(93)8-77/h20-31,35-62,76-85,88-94,98-108H,3-17H2,1-2H3,(H,71,86)(H,72,87)(H,73,95)(H,74,96)(H,75,97)(H,109,110)(H,111,112)(H,113,114)(H,115,116)/t20-,21-,22-,23-,24+,25+,26+,27+,28+,29+,30+,31+,35+,36+,37+,38+,39+,40+,41+,42+,43-,44+,45-,46+,47+,48+,49+,50+,51-,52+,53+,54+,55+,56+,57-,58+,59+,60-,61-,62-,67+,68+,69-,70-/m0/s1. The molecular weight excluding hydrogens is 1810 g/mol. The monoisotopic (exact) mass is 1920 g/mol. The van der Waals surface area contributed by atoms with Crippen LogP contribution in [0, 0.1) is 0 Å². The summed E-state index contributed by atoms with van der Waals surface area (Å²) in [6.45, 7) is -14.7. The number of aliphatic hydroxyl groups is 28. The molecule has 0 unspecified atom stereocenters. The van der Waals surface area contributed by atoms with Crippen LogP contribution in [0.5, 0.6) is 0 Å². The quantitative estimate of drug-likeness (QED) is 0.0270. The van der Waals surface area contributed by atoms with Crippen molar-refractivity contribution in [3.05, 3.63) is 0 Å². The molecule has 131 heavy (non-hydrogen) atoms. The Morgan fingerprint density at radius 3 is 1.08 bits per heavy atom. The van der Waals surface area contributed by atoms with Gasteiger partial charge in [0.2, 0.25) is 29.5 Å². The summed E-state index contributed by atoms with van der Waals surface area (Å²) in [7, 11) is 0. The summed E-state index contributed by atoms with van der Waals surface area (Å²) in [5, 5.41) is 365. The van der Waals surface area contributed by atoms with Crippen molar-refractivity contribution in [3.8, 4) is 0 Å². The topological polar surface area (TPSA) is 1000 Å². The second-order valence-electron chi connectivity index (χ2n) is 31.9. The molecule has 0 aliphatic carbocycles. The van der Waals surface area contributed by atoms with Crippen LogP contribution in [-0.4, -0.2) is 557 Å². The predicted molar refractivity (Wildman–Crippen MR) is 395 cm³/mol. The Bertz CT molecular complexity index is 3780. The molecular formula is C70H113N5O56. The number of carbonyl (C=O) groups excluding carboxylic acids is 5. The largest absolute Gasteiger partial charge is 0.477 e. The highest BCUT2D eigenvalue weighted by Gasteiger charge is 2.67. The normalized spacial score (nSPS) is 41.8. The second-order valence-corrected chi connectivity index (χ2v) is 31.9. The van der Waals surface area contributed by atoms with Crippen LogP contribution in [-0.2, 0) is 114 Å². The molecule has 61 nitrogen and oxygen atoms in total. The van der Waals surface area contributed by atoms with Crippen LogP contribution in [0.15, 0.2) is 0 Å².